The summed E-state index contributed by atoms with van der Waals surface area (Å²) in [5.41, 5.74) is 7.31. The first-order chi connectivity index (χ1) is 9.13. The van der Waals surface area contributed by atoms with Crippen LogP contribution in [-0.4, -0.2) is 50.1 Å². The van der Waals surface area contributed by atoms with Crippen molar-refractivity contribution in [3.8, 4) is 0 Å². The van der Waals surface area contributed by atoms with Crippen molar-refractivity contribution in [2.75, 3.05) is 12.3 Å². The molecule has 0 saturated carbocycles. The minimum atomic E-state index is -1.52. The van der Waals surface area contributed by atoms with E-state index in [1.165, 1.54) is 6.33 Å². The van der Waals surface area contributed by atoms with Gasteiger partial charge in [0, 0.05) is 11.8 Å². The number of halogens is 1. The van der Waals surface area contributed by atoms with Crippen LogP contribution in [0, 0.1) is 0 Å². The third-order valence-corrected chi connectivity index (χ3v) is 3.50. The highest BCUT2D eigenvalue weighted by Gasteiger charge is 2.43. The Labute approximate surface area is 107 Å². The number of alkyl halides is 1. The zero-order valence-electron chi connectivity index (χ0n) is 9.92. The van der Waals surface area contributed by atoms with E-state index in [1.807, 2.05) is 0 Å². The Morgan fingerprint density at radius 2 is 2.21 bits per heavy atom. The maximum Gasteiger partial charge on any atom is 0.151 e. The van der Waals surface area contributed by atoms with Gasteiger partial charge in [0.05, 0.1) is 24.2 Å². The van der Waals surface area contributed by atoms with Crippen LogP contribution in [0.5, 0.6) is 0 Å². The van der Waals surface area contributed by atoms with E-state index in [0.717, 1.165) is 0 Å². The molecule has 2 aromatic rings. The molecule has 0 radical (unpaired) electrons. The molecule has 19 heavy (non-hydrogen) atoms. The average Bonchev–Trinajstić information content (AvgIpc) is 2.94. The van der Waals surface area contributed by atoms with Crippen LogP contribution >= 0.6 is 0 Å². The summed E-state index contributed by atoms with van der Waals surface area (Å²) in [6.07, 6.45) is 0.121. The van der Waals surface area contributed by atoms with Gasteiger partial charge in [-0.1, -0.05) is 0 Å². The van der Waals surface area contributed by atoms with E-state index >= 15 is 0 Å². The van der Waals surface area contributed by atoms with Gasteiger partial charge in [0.15, 0.2) is 5.82 Å². The molecule has 102 valence electrons. The first kappa shape index (κ1) is 12.3. The predicted octanol–water partition coefficient (Wildman–Crippen LogP) is -0.756. The van der Waals surface area contributed by atoms with Crippen molar-refractivity contribution in [2.24, 2.45) is 0 Å². The van der Waals surface area contributed by atoms with E-state index in [2.05, 4.69) is 20.3 Å². The second kappa shape index (κ2) is 4.41. The van der Waals surface area contributed by atoms with Gasteiger partial charge in [-0.05, 0) is 0 Å². The molecule has 1 aliphatic heterocycles. The number of nitrogens with one attached hydrogen (secondary N) is 2. The molecule has 3 heterocycles. The fourth-order valence-electron chi connectivity index (χ4n) is 2.48. The summed E-state index contributed by atoms with van der Waals surface area (Å²) in [5.74, 6) is 0.281. The van der Waals surface area contributed by atoms with Gasteiger partial charge in [-0.25, -0.2) is 14.4 Å². The first-order valence-corrected chi connectivity index (χ1v) is 5.90. The van der Waals surface area contributed by atoms with Crippen molar-refractivity contribution in [1.29, 1.82) is 0 Å². The van der Waals surface area contributed by atoms with E-state index in [9.17, 15) is 9.50 Å². The number of aromatic nitrogens is 3. The quantitative estimate of drug-likeness (QED) is 0.488. The van der Waals surface area contributed by atoms with E-state index in [4.69, 9.17) is 10.8 Å². The largest absolute Gasteiger partial charge is 0.395 e. The van der Waals surface area contributed by atoms with Crippen LogP contribution in [0.1, 0.15) is 11.6 Å². The summed E-state index contributed by atoms with van der Waals surface area (Å²) in [7, 11) is 0. The number of rotatable bonds is 2. The van der Waals surface area contributed by atoms with E-state index < -0.39 is 24.4 Å². The molecule has 1 fully saturated rings. The zero-order valence-corrected chi connectivity index (χ0v) is 9.92. The highest BCUT2D eigenvalue weighted by Crippen LogP contribution is 2.34. The van der Waals surface area contributed by atoms with Crippen LogP contribution in [0.4, 0.5) is 10.2 Å². The molecular weight excluding hydrogens is 253 g/mol. The van der Waals surface area contributed by atoms with Gasteiger partial charge >= 0.3 is 0 Å². The van der Waals surface area contributed by atoms with Crippen LogP contribution in [0.15, 0.2) is 12.5 Å². The van der Waals surface area contributed by atoms with Gasteiger partial charge in [-0.15, -0.1) is 0 Å². The SMILES string of the molecule is Nc1ncnc2c([C@@H]3N[C@H](CO)[C@@H](O)[C@@H]3F)c[nH]c12. The third kappa shape index (κ3) is 1.76. The average molecular weight is 267 g/mol. The summed E-state index contributed by atoms with van der Waals surface area (Å²) in [4.78, 5) is 10.8. The fourth-order valence-corrected chi connectivity index (χ4v) is 2.48. The van der Waals surface area contributed by atoms with Crippen molar-refractivity contribution < 1.29 is 14.6 Å². The number of aromatic amines is 1. The molecule has 0 amide bonds. The second-order valence-electron chi connectivity index (χ2n) is 4.59. The number of anilines is 1. The molecule has 2 aromatic heterocycles. The molecule has 0 spiro atoms. The summed E-state index contributed by atoms with van der Waals surface area (Å²) in [5, 5.41) is 21.6. The minimum absolute atomic E-state index is 0.281. The van der Waals surface area contributed by atoms with Crippen molar-refractivity contribution in [1.82, 2.24) is 20.3 Å². The molecule has 1 saturated heterocycles. The molecule has 0 aromatic carbocycles. The van der Waals surface area contributed by atoms with Gasteiger partial charge in [0.25, 0.3) is 0 Å². The van der Waals surface area contributed by atoms with Gasteiger partial charge in [-0.2, -0.15) is 0 Å². The topological polar surface area (TPSA) is 120 Å². The number of hydrogen-bond acceptors (Lipinski definition) is 6. The number of nitrogens with two attached hydrogens (primary N) is 1. The van der Waals surface area contributed by atoms with Crippen molar-refractivity contribution in [3.05, 3.63) is 18.1 Å². The normalized spacial score (nSPS) is 31.1. The molecular formula is C11H14FN5O2. The predicted molar refractivity (Wildman–Crippen MR) is 66.0 cm³/mol. The Balaban J connectivity index is 2.04. The van der Waals surface area contributed by atoms with E-state index in [1.54, 1.807) is 6.20 Å². The summed E-state index contributed by atoms with van der Waals surface area (Å²) in [6, 6.07) is -1.43. The highest BCUT2D eigenvalue weighted by atomic mass is 19.1. The number of nitrogens with zero attached hydrogens (tertiary/aromatic N) is 2. The monoisotopic (exact) mass is 267 g/mol. The lowest BCUT2D eigenvalue weighted by atomic mass is 10.0. The van der Waals surface area contributed by atoms with Gasteiger partial charge in [0.1, 0.15) is 24.1 Å². The molecule has 6 N–H and O–H groups in total. The first-order valence-electron chi connectivity index (χ1n) is 5.90. The summed E-state index contributed by atoms with van der Waals surface area (Å²) < 4.78 is 14.1. The van der Waals surface area contributed by atoms with Gasteiger partial charge in [0.2, 0.25) is 0 Å². The van der Waals surface area contributed by atoms with E-state index in [0.29, 0.717) is 16.6 Å². The van der Waals surface area contributed by atoms with Crippen LogP contribution < -0.4 is 11.1 Å². The summed E-state index contributed by atoms with van der Waals surface area (Å²) in [6.45, 7) is -0.336. The molecule has 1 aliphatic rings. The van der Waals surface area contributed by atoms with Crippen molar-refractivity contribution in [3.63, 3.8) is 0 Å². The van der Waals surface area contributed by atoms with Gasteiger partial charge in [-0.3, -0.25) is 5.32 Å². The summed E-state index contributed by atoms with van der Waals surface area (Å²) >= 11 is 0. The lowest BCUT2D eigenvalue weighted by Crippen LogP contribution is -2.35. The second-order valence-corrected chi connectivity index (χ2v) is 4.59. The number of H-pyrrole nitrogens is 1. The smallest absolute Gasteiger partial charge is 0.151 e. The van der Waals surface area contributed by atoms with Crippen LogP contribution in [0.3, 0.4) is 0 Å². The Bertz CT molecular complexity index is 604. The minimum Gasteiger partial charge on any atom is -0.395 e. The van der Waals surface area contributed by atoms with Crippen molar-refractivity contribution in [2.45, 2.75) is 24.4 Å². The Hall–Kier alpha value is -1.77. The fraction of sp³-hybridized carbons (Fsp3) is 0.455. The van der Waals surface area contributed by atoms with Crippen LogP contribution in [-0.2, 0) is 0 Å². The van der Waals surface area contributed by atoms with E-state index in [-0.39, 0.29) is 12.4 Å². The maximum atomic E-state index is 14.1. The molecule has 0 bridgehead atoms. The molecule has 0 aliphatic carbocycles. The third-order valence-electron chi connectivity index (χ3n) is 3.50. The maximum absolute atomic E-state index is 14.1. The Morgan fingerprint density at radius 3 is 2.89 bits per heavy atom. The molecule has 7 nitrogen and oxygen atoms in total. The number of hydrogen-bond donors (Lipinski definition) is 5. The lowest BCUT2D eigenvalue weighted by molar-refractivity contribution is 0.0675. The standard InChI is InChI=1S/C11H14FN5O2/c12-6-7(17-5(2-18)10(6)19)4-1-14-9-8(4)15-3-16-11(9)13/h1,3,5-7,10,14,17-19H,2H2,(H2,13,15,16)/t5-,6-,7+,10-/m1/s1. The zero-order chi connectivity index (χ0) is 13.6. The highest BCUT2D eigenvalue weighted by molar-refractivity contribution is 5.87. The lowest BCUT2D eigenvalue weighted by Gasteiger charge is -2.12. The Kier molecular flexibility index (Phi) is 2.85. The molecule has 0 unspecified atom stereocenters. The molecule has 3 rings (SSSR count). The van der Waals surface area contributed by atoms with Gasteiger partial charge < -0.3 is 20.9 Å². The molecule has 4 atom stereocenters. The van der Waals surface area contributed by atoms with Crippen LogP contribution in [0.2, 0.25) is 0 Å². The number of nitrogen functional groups attached to an aromatic ring is 1. The number of aliphatic hydroxyl groups excluding tert-OH is 2. The molecule has 8 heteroatoms. The van der Waals surface area contributed by atoms with Crippen molar-refractivity contribution >= 4 is 16.9 Å². The number of fused-ring (bicyclic) bond motifs is 1. The van der Waals surface area contributed by atoms with Crippen LogP contribution in [0.25, 0.3) is 11.0 Å². The number of aliphatic hydroxyl groups is 2. The Morgan fingerprint density at radius 1 is 1.42 bits per heavy atom.